The van der Waals surface area contributed by atoms with Crippen LogP contribution in [0.2, 0.25) is 0 Å². The first kappa shape index (κ1) is 11.9. The fourth-order valence-electron chi connectivity index (χ4n) is 2.20. The Balaban J connectivity index is 2.14. The van der Waals surface area contributed by atoms with Gasteiger partial charge in [0.25, 0.3) is 6.01 Å². The van der Waals surface area contributed by atoms with Crippen LogP contribution in [0, 0.1) is 0 Å². The van der Waals surface area contributed by atoms with Gasteiger partial charge in [-0.15, -0.1) is 0 Å². The molecule has 2 rings (SSSR count). The SMILES string of the molecule is O=C(O)c1coc(N2CCCCC2CCO)n1. The van der Waals surface area contributed by atoms with Crippen molar-refractivity contribution in [1.82, 2.24) is 4.98 Å². The Morgan fingerprint density at radius 2 is 2.41 bits per heavy atom. The first-order valence-electron chi connectivity index (χ1n) is 5.78. The Bertz CT molecular complexity index is 389. The Hall–Kier alpha value is -1.56. The number of rotatable bonds is 4. The number of aromatic carboxylic acids is 1. The van der Waals surface area contributed by atoms with Crippen molar-refractivity contribution in [3.05, 3.63) is 12.0 Å². The van der Waals surface area contributed by atoms with E-state index in [1.54, 1.807) is 0 Å². The van der Waals surface area contributed by atoms with E-state index in [1.807, 2.05) is 4.90 Å². The monoisotopic (exact) mass is 240 g/mol. The second-order valence-corrected chi connectivity index (χ2v) is 4.18. The number of carboxylic acid groups (broad SMARTS) is 1. The lowest BCUT2D eigenvalue weighted by atomic mass is 10.0. The van der Waals surface area contributed by atoms with Gasteiger partial charge in [-0.3, -0.25) is 0 Å². The van der Waals surface area contributed by atoms with Crippen molar-refractivity contribution in [1.29, 1.82) is 0 Å². The van der Waals surface area contributed by atoms with E-state index in [9.17, 15) is 4.79 Å². The molecule has 0 aromatic carbocycles. The van der Waals surface area contributed by atoms with Crippen molar-refractivity contribution < 1.29 is 19.4 Å². The average Bonchev–Trinajstić information content (AvgIpc) is 2.79. The summed E-state index contributed by atoms with van der Waals surface area (Å²) in [5.41, 5.74) is -0.0756. The molecule has 0 radical (unpaired) electrons. The van der Waals surface area contributed by atoms with Crippen LogP contribution in [0.15, 0.2) is 10.7 Å². The van der Waals surface area contributed by atoms with Gasteiger partial charge in [-0.1, -0.05) is 0 Å². The smallest absolute Gasteiger partial charge is 0.357 e. The quantitative estimate of drug-likeness (QED) is 0.820. The van der Waals surface area contributed by atoms with Crippen molar-refractivity contribution in [2.75, 3.05) is 18.1 Å². The van der Waals surface area contributed by atoms with Gasteiger partial charge in [0.2, 0.25) is 0 Å². The number of carbonyl (C=O) groups is 1. The summed E-state index contributed by atoms with van der Waals surface area (Å²) in [6, 6.07) is 0.537. The van der Waals surface area contributed by atoms with Crippen molar-refractivity contribution in [2.45, 2.75) is 31.7 Å². The minimum atomic E-state index is -1.09. The molecule has 1 unspecified atom stereocenters. The third kappa shape index (κ3) is 2.58. The summed E-state index contributed by atoms with van der Waals surface area (Å²) in [4.78, 5) is 16.6. The number of anilines is 1. The van der Waals surface area contributed by atoms with Crippen LogP contribution in [0.25, 0.3) is 0 Å². The minimum Gasteiger partial charge on any atom is -0.476 e. The molecule has 0 bridgehead atoms. The van der Waals surface area contributed by atoms with Crippen LogP contribution in [-0.2, 0) is 0 Å². The first-order valence-corrected chi connectivity index (χ1v) is 5.78. The van der Waals surface area contributed by atoms with Gasteiger partial charge in [-0.25, -0.2) is 4.79 Å². The molecule has 0 spiro atoms. The Labute approximate surface area is 98.9 Å². The fraction of sp³-hybridized carbons (Fsp3) is 0.636. The van der Waals surface area contributed by atoms with Gasteiger partial charge in [0.15, 0.2) is 5.69 Å². The summed E-state index contributed by atoms with van der Waals surface area (Å²) < 4.78 is 5.19. The Morgan fingerprint density at radius 3 is 3.06 bits per heavy atom. The lowest BCUT2D eigenvalue weighted by Crippen LogP contribution is -2.40. The molecule has 0 saturated carbocycles. The third-order valence-corrected chi connectivity index (χ3v) is 3.05. The number of nitrogens with zero attached hydrogens (tertiary/aromatic N) is 2. The number of hydrogen-bond acceptors (Lipinski definition) is 5. The highest BCUT2D eigenvalue weighted by molar-refractivity contribution is 5.85. The zero-order valence-electron chi connectivity index (χ0n) is 9.50. The maximum Gasteiger partial charge on any atom is 0.357 e. The molecule has 0 aliphatic carbocycles. The number of hydrogen-bond donors (Lipinski definition) is 2. The molecule has 1 aromatic heterocycles. The number of piperidine rings is 1. The zero-order valence-corrected chi connectivity index (χ0v) is 9.50. The fourth-order valence-corrected chi connectivity index (χ4v) is 2.20. The van der Waals surface area contributed by atoms with Crippen LogP contribution in [-0.4, -0.2) is 40.4 Å². The molecule has 1 aliphatic heterocycles. The zero-order chi connectivity index (χ0) is 12.3. The van der Waals surface area contributed by atoms with E-state index < -0.39 is 5.97 Å². The van der Waals surface area contributed by atoms with Crippen LogP contribution < -0.4 is 4.90 Å². The van der Waals surface area contributed by atoms with Gasteiger partial charge in [0.05, 0.1) is 0 Å². The van der Waals surface area contributed by atoms with E-state index >= 15 is 0 Å². The van der Waals surface area contributed by atoms with E-state index in [4.69, 9.17) is 14.6 Å². The lowest BCUT2D eigenvalue weighted by Gasteiger charge is -2.34. The molecule has 2 heterocycles. The average molecular weight is 240 g/mol. The predicted molar refractivity (Wildman–Crippen MR) is 60.2 cm³/mol. The molecule has 6 nitrogen and oxygen atoms in total. The van der Waals surface area contributed by atoms with Crippen molar-refractivity contribution in [3.8, 4) is 0 Å². The molecule has 6 heteroatoms. The second kappa shape index (κ2) is 5.18. The third-order valence-electron chi connectivity index (χ3n) is 3.05. The van der Waals surface area contributed by atoms with E-state index in [0.717, 1.165) is 32.1 Å². The summed E-state index contributed by atoms with van der Waals surface area (Å²) in [6.07, 6.45) is 4.94. The van der Waals surface area contributed by atoms with Gasteiger partial charge in [0, 0.05) is 19.2 Å². The molecule has 1 aromatic rings. The van der Waals surface area contributed by atoms with Crippen LogP contribution in [0.3, 0.4) is 0 Å². The van der Waals surface area contributed by atoms with Gasteiger partial charge in [0.1, 0.15) is 6.26 Å². The topological polar surface area (TPSA) is 86.8 Å². The highest BCUT2D eigenvalue weighted by Gasteiger charge is 2.26. The summed E-state index contributed by atoms with van der Waals surface area (Å²) in [6.45, 7) is 0.915. The van der Waals surface area contributed by atoms with E-state index in [2.05, 4.69) is 4.98 Å². The summed E-state index contributed by atoms with van der Waals surface area (Å²) in [5.74, 6) is -1.09. The molecular formula is C11H16N2O4. The normalized spacial score (nSPS) is 20.5. The first-order chi connectivity index (χ1) is 8.22. The highest BCUT2D eigenvalue weighted by Crippen LogP contribution is 2.25. The number of aliphatic hydroxyl groups excluding tert-OH is 1. The number of aromatic nitrogens is 1. The van der Waals surface area contributed by atoms with Crippen molar-refractivity contribution in [2.24, 2.45) is 0 Å². The van der Waals surface area contributed by atoms with E-state index in [0.29, 0.717) is 12.4 Å². The molecule has 17 heavy (non-hydrogen) atoms. The lowest BCUT2D eigenvalue weighted by molar-refractivity contribution is 0.0690. The molecular weight excluding hydrogens is 224 g/mol. The maximum atomic E-state index is 10.7. The summed E-state index contributed by atoms with van der Waals surface area (Å²) >= 11 is 0. The largest absolute Gasteiger partial charge is 0.476 e. The highest BCUT2D eigenvalue weighted by atomic mass is 16.4. The Morgan fingerprint density at radius 1 is 1.59 bits per heavy atom. The van der Waals surface area contributed by atoms with Gasteiger partial charge in [-0.05, 0) is 25.7 Å². The summed E-state index contributed by atoms with van der Waals surface area (Å²) in [7, 11) is 0. The molecule has 1 fully saturated rings. The molecule has 2 N–H and O–H groups in total. The number of carboxylic acids is 1. The van der Waals surface area contributed by atoms with Crippen LogP contribution in [0.4, 0.5) is 6.01 Å². The second-order valence-electron chi connectivity index (χ2n) is 4.18. The molecule has 94 valence electrons. The van der Waals surface area contributed by atoms with Crippen molar-refractivity contribution in [3.63, 3.8) is 0 Å². The number of oxazole rings is 1. The van der Waals surface area contributed by atoms with Gasteiger partial charge >= 0.3 is 5.97 Å². The van der Waals surface area contributed by atoms with E-state index in [1.165, 1.54) is 0 Å². The Kier molecular flexibility index (Phi) is 3.63. The molecule has 1 saturated heterocycles. The van der Waals surface area contributed by atoms with Gasteiger partial charge in [-0.2, -0.15) is 4.98 Å². The molecule has 0 amide bonds. The van der Waals surface area contributed by atoms with Gasteiger partial charge < -0.3 is 19.5 Å². The molecule has 1 aliphatic rings. The van der Waals surface area contributed by atoms with E-state index in [-0.39, 0.29) is 18.3 Å². The maximum absolute atomic E-state index is 10.7. The molecule has 1 atom stereocenters. The predicted octanol–water partition coefficient (Wildman–Crippen LogP) is 1.11. The standard InChI is InChI=1S/C11H16N2O4/c14-6-4-8-3-1-2-5-13(8)11-12-9(7-17-11)10(15)16/h7-8,14H,1-6H2,(H,15,16). The summed E-state index contributed by atoms with van der Waals surface area (Å²) in [5, 5.41) is 17.8. The number of aliphatic hydroxyl groups is 1. The van der Waals surface area contributed by atoms with Crippen molar-refractivity contribution >= 4 is 12.0 Å². The van der Waals surface area contributed by atoms with Crippen LogP contribution in [0.1, 0.15) is 36.2 Å². The van der Waals surface area contributed by atoms with Crippen LogP contribution >= 0.6 is 0 Å². The minimum absolute atomic E-state index is 0.0756. The van der Waals surface area contributed by atoms with Crippen LogP contribution in [0.5, 0.6) is 0 Å².